The van der Waals surface area contributed by atoms with Crippen molar-refractivity contribution in [2.75, 3.05) is 20.1 Å². The number of amides is 1. The minimum absolute atomic E-state index is 0.0675. The van der Waals surface area contributed by atoms with Crippen molar-refractivity contribution in [1.29, 1.82) is 0 Å². The van der Waals surface area contributed by atoms with Crippen LogP contribution in [0.15, 0.2) is 57.9 Å². The molecule has 2 aromatic rings. The smallest absolute Gasteiger partial charge is 0.243 e. The largest absolute Gasteiger partial charge is 0.341 e. The van der Waals surface area contributed by atoms with E-state index in [-0.39, 0.29) is 5.91 Å². The fraction of sp³-hybridized carbons (Fsp3) is 0.409. The van der Waals surface area contributed by atoms with Crippen molar-refractivity contribution in [3.8, 4) is 0 Å². The molecule has 0 N–H and O–H groups in total. The van der Waals surface area contributed by atoms with Crippen LogP contribution in [-0.2, 0) is 27.8 Å². The molecule has 0 bridgehead atoms. The predicted octanol–water partition coefficient (Wildman–Crippen LogP) is 4.21. The van der Waals surface area contributed by atoms with Crippen LogP contribution in [0, 0.1) is 0 Å². The summed E-state index contributed by atoms with van der Waals surface area (Å²) in [7, 11) is -1.60. The van der Waals surface area contributed by atoms with Gasteiger partial charge in [-0.2, -0.15) is 4.31 Å². The fourth-order valence-electron chi connectivity index (χ4n) is 3.48. The molecule has 1 fully saturated rings. The molecule has 0 atom stereocenters. The molecule has 0 unspecified atom stereocenters. The highest BCUT2D eigenvalue weighted by Crippen LogP contribution is 2.21. The number of nitrogens with zero attached hydrogens (tertiary/aromatic N) is 2. The summed E-state index contributed by atoms with van der Waals surface area (Å²) in [5.74, 6) is 0.0675. The van der Waals surface area contributed by atoms with E-state index in [0.29, 0.717) is 37.4 Å². The zero-order chi connectivity index (χ0) is 20.9. The van der Waals surface area contributed by atoms with Gasteiger partial charge in [0.15, 0.2) is 0 Å². The van der Waals surface area contributed by atoms with Gasteiger partial charge >= 0.3 is 0 Å². The Hall–Kier alpha value is -1.70. The molecular formula is C22H27BrN2O3S. The van der Waals surface area contributed by atoms with Gasteiger partial charge in [-0.1, -0.05) is 46.6 Å². The van der Waals surface area contributed by atoms with Crippen LogP contribution in [-0.4, -0.2) is 43.7 Å². The molecule has 29 heavy (non-hydrogen) atoms. The molecular weight excluding hydrogens is 452 g/mol. The van der Waals surface area contributed by atoms with Gasteiger partial charge in [-0.15, -0.1) is 0 Å². The average molecular weight is 479 g/mol. The Labute approximate surface area is 181 Å². The molecule has 1 aliphatic heterocycles. The SMILES string of the molecule is CN(Cc1ccc(Br)cc1)C(=O)CCc1ccc(S(=O)(=O)N2CCCCC2)cc1. The first kappa shape index (κ1) is 22.0. The molecule has 0 aromatic heterocycles. The van der Waals surface area contributed by atoms with Crippen molar-refractivity contribution in [3.63, 3.8) is 0 Å². The zero-order valence-corrected chi connectivity index (χ0v) is 19.1. The Morgan fingerprint density at radius 2 is 1.55 bits per heavy atom. The first-order chi connectivity index (χ1) is 13.9. The third kappa shape index (κ3) is 5.90. The van der Waals surface area contributed by atoms with Gasteiger partial charge in [0.1, 0.15) is 0 Å². The van der Waals surface area contributed by atoms with Crippen LogP contribution in [0.4, 0.5) is 0 Å². The summed E-state index contributed by atoms with van der Waals surface area (Å²) in [6.45, 7) is 1.77. The minimum Gasteiger partial charge on any atom is -0.341 e. The summed E-state index contributed by atoms with van der Waals surface area (Å²) < 4.78 is 28.0. The van der Waals surface area contributed by atoms with E-state index in [1.54, 1.807) is 28.4 Å². The van der Waals surface area contributed by atoms with Gasteiger partial charge in [0.2, 0.25) is 15.9 Å². The normalized spacial score (nSPS) is 15.2. The van der Waals surface area contributed by atoms with Gasteiger partial charge in [0.25, 0.3) is 0 Å². The summed E-state index contributed by atoms with van der Waals surface area (Å²) in [6, 6.07) is 14.9. The van der Waals surface area contributed by atoms with E-state index in [4.69, 9.17) is 0 Å². The van der Waals surface area contributed by atoms with Gasteiger partial charge in [-0.05, 0) is 54.7 Å². The van der Waals surface area contributed by atoms with Gasteiger partial charge < -0.3 is 4.90 Å². The maximum atomic E-state index is 12.7. The van der Waals surface area contributed by atoms with E-state index in [1.807, 2.05) is 36.4 Å². The minimum atomic E-state index is -3.41. The quantitative estimate of drug-likeness (QED) is 0.598. The number of carbonyl (C=O) groups excluding carboxylic acids is 1. The molecule has 0 radical (unpaired) electrons. The molecule has 1 aliphatic rings. The Bertz CT molecular complexity index is 922. The van der Waals surface area contributed by atoms with Gasteiger partial charge in [-0.25, -0.2) is 8.42 Å². The molecule has 156 valence electrons. The molecule has 1 heterocycles. The Morgan fingerprint density at radius 1 is 0.966 bits per heavy atom. The topological polar surface area (TPSA) is 57.7 Å². The number of hydrogen-bond acceptors (Lipinski definition) is 3. The lowest BCUT2D eigenvalue weighted by Gasteiger charge is -2.25. The summed E-state index contributed by atoms with van der Waals surface area (Å²) in [4.78, 5) is 14.5. The number of halogens is 1. The molecule has 5 nitrogen and oxygen atoms in total. The number of piperidine rings is 1. The maximum absolute atomic E-state index is 12.7. The highest BCUT2D eigenvalue weighted by Gasteiger charge is 2.25. The number of benzene rings is 2. The number of rotatable bonds is 7. The highest BCUT2D eigenvalue weighted by atomic mass is 79.9. The van der Waals surface area contributed by atoms with Crippen LogP contribution in [0.2, 0.25) is 0 Å². The number of carbonyl (C=O) groups is 1. The lowest BCUT2D eigenvalue weighted by atomic mass is 10.1. The van der Waals surface area contributed by atoms with E-state index >= 15 is 0 Å². The third-order valence-corrected chi connectivity index (χ3v) is 7.70. The van der Waals surface area contributed by atoms with Gasteiger partial charge in [0, 0.05) is 37.6 Å². The number of hydrogen-bond donors (Lipinski definition) is 0. The van der Waals surface area contributed by atoms with Crippen molar-refractivity contribution < 1.29 is 13.2 Å². The van der Waals surface area contributed by atoms with E-state index in [1.165, 1.54) is 0 Å². The molecule has 0 saturated carbocycles. The second-order valence-electron chi connectivity index (χ2n) is 7.48. The number of aryl methyl sites for hydroxylation is 1. The van der Waals surface area contributed by atoms with Crippen LogP contribution in [0.5, 0.6) is 0 Å². The van der Waals surface area contributed by atoms with Crippen molar-refractivity contribution in [2.45, 2.75) is 43.5 Å². The summed E-state index contributed by atoms with van der Waals surface area (Å²) in [5.41, 5.74) is 2.05. The van der Waals surface area contributed by atoms with Crippen molar-refractivity contribution in [2.24, 2.45) is 0 Å². The Kier molecular flexibility index (Phi) is 7.49. The third-order valence-electron chi connectivity index (χ3n) is 5.26. The lowest BCUT2D eigenvalue weighted by Crippen LogP contribution is -2.35. The van der Waals surface area contributed by atoms with Crippen molar-refractivity contribution >= 4 is 31.9 Å². The summed E-state index contributed by atoms with van der Waals surface area (Å²) >= 11 is 3.41. The standard InChI is InChI=1S/C22H27BrN2O3S/c1-24(17-19-5-10-20(23)11-6-19)22(26)14-9-18-7-12-21(13-8-18)29(27,28)25-15-3-2-4-16-25/h5-8,10-13H,2-4,9,14-17H2,1H3. The molecule has 2 aromatic carbocycles. The van der Waals surface area contributed by atoms with Gasteiger partial charge in [-0.3, -0.25) is 4.79 Å². The van der Waals surface area contributed by atoms with Crippen molar-refractivity contribution in [3.05, 3.63) is 64.1 Å². The Morgan fingerprint density at radius 3 is 2.17 bits per heavy atom. The Balaban J connectivity index is 1.54. The van der Waals surface area contributed by atoms with Crippen molar-refractivity contribution in [1.82, 2.24) is 9.21 Å². The van der Waals surface area contributed by atoms with Gasteiger partial charge in [0.05, 0.1) is 4.90 Å². The molecule has 1 saturated heterocycles. The predicted molar refractivity (Wildman–Crippen MR) is 118 cm³/mol. The van der Waals surface area contributed by atoms with Crippen LogP contribution in [0.3, 0.4) is 0 Å². The monoisotopic (exact) mass is 478 g/mol. The van der Waals surface area contributed by atoms with Crippen LogP contribution >= 0.6 is 15.9 Å². The molecule has 3 rings (SSSR count). The first-order valence-corrected chi connectivity index (χ1v) is 12.2. The van der Waals surface area contributed by atoms with Crippen LogP contribution in [0.1, 0.15) is 36.8 Å². The highest BCUT2D eigenvalue weighted by molar-refractivity contribution is 9.10. The molecule has 7 heteroatoms. The number of sulfonamides is 1. The van der Waals surface area contributed by atoms with E-state index in [0.717, 1.165) is 34.9 Å². The van der Waals surface area contributed by atoms with E-state index < -0.39 is 10.0 Å². The van der Waals surface area contributed by atoms with E-state index in [2.05, 4.69) is 15.9 Å². The van der Waals surface area contributed by atoms with Crippen LogP contribution in [0.25, 0.3) is 0 Å². The first-order valence-electron chi connectivity index (χ1n) is 9.94. The second-order valence-corrected chi connectivity index (χ2v) is 10.3. The second kappa shape index (κ2) is 9.87. The zero-order valence-electron chi connectivity index (χ0n) is 16.7. The fourth-order valence-corrected chi connectivity index (χ4v) is 5.26. The molecule has 0 aliphatic carbocycles. The van der Waals surface area contributed by atoms with E-state index in [9.17, 15) is 13.2 Å². The van der Waals surface area contributed by atoms with Crippen LogP contribution < -0.4 is 0 Å². The lowest BCUT2D eigenvalue weighted by molar-refractivity contribution is -0.130. The maximum Gasteiger partial charge on any atom is 0.243 e. The average Bonchev–Trinajstić information content (AvgIpc) is 2.74. The summed E-state index contributed by atoms with van der Waals surface area (Å²) in [6.07, 6.45) is 3.93. The summed E-state index contributed by atoms with van der Waals surface area (Å²) in [5, 5.41) is 0. The molecule has 1 amide bonds. The molecule has 0 spiro atoms.